The molecule has 2 rings (SSSR count). The number of nitrogens with zero attached hydrogens (tertiary/aromatic N) is 4. The SMILES string of the molecule is CCn1cc(CNC(=O)Cn2cc(Br)cn2)c(C)n1. The Morgan fingerprint density at radius 3 is 2.79 bits per heavy atom. The third-order valence-electron chi connectivity index (χ3n) is 2.76. The first kappa shape index (κ1) is 13.8. The molecule has 0 aromatic carbocycles. The maximum Gasteiger partial charge on any atom is 0.242 e. The minimum Gasteiger partial charge on any atom is -0.350 e. The van der Waals surface area contributed by atoms with E-state index in [0.717, 1.165) is 22.3 Å². The molecule has 0 fully saturated rings. The van der Waals surface area contributed by atoms with Crippen LogP contribution < -0.4 is 5.32 Å². The van der Waals surface area contributed by atoms with Crippen molar-refractivity contribution in [3.8, 4) is 0 Å². The van der Waals surface area contributed by atoms with Crippen molar-refractivity contribution in [3.63, 3.8) is 0 Å². The van der Waals surface area contributed by atoms with Gasteiger partial charge in [-0.3, -0.25) is 14.2 Å². The Morgan fingerprint density at radius 1 is 1.42 bits per heavy atom. The summed E-state index contributed by atoms with van der Waals surface area (Å²) in [6.07, 6.45) is 5.38. The first-order valence-corrected chi connectivity index (χ1v) is 6.85. The summed E-state index contributed by atoms with van der Waals surface area (Å²) in [4.78, 5) is 11.8. The number of halogens is 1. The van der Waals surface area contributed by atoms with Crippen LogP contribution in [0.15, 0.2) is 23.1 Å². The highest BCUT2D eigenvalue weighted by Gasteiger charge is 2.07. The van der Waals surface area contributed by atoms with Crippen LogP contribution in [0.2, 0.25) is 0 Å². The lowest BCUT2D eigenvalue weighted by molar-refractivity contribution is -0.122. The van der Waals surface area contributed by atoms with Crippen LogP contribution in [0.25, 0.3) is 0 Å². The zero-order valence-electron chi connectivity index (χ0n) is 10.9. The van der Waals surface area contributed by atoms with Gasteiger partial charge in [-0.2, -0.15) is 10.2 Å². The van der Waals surface area contributed by atoms with Gasteiger partial charge in [0, 0.05) is 31.0 Å². The first-order valence-electron chi connectivity index (χ1n) is 6.06. The van der Waals surface area contributed by atoms with Gasteiger partial charge in [0.1, 0.15) is 6.54 Å². The Morgan fingerprint density at radius 2 is 2.21 bits per heavy atom. The predicted octanol–water partition coefficient (Wildman–Crippen LogP) is 1.49. The van der Waals surface area contributed by atoms with E-state index in [4.69, 9.17) is 0 Å². The first-order chi connectivity index (χ1) is 9.08. The molecular formula is C12H16BrN5O. The highest BCUT2D eigenvalue weighted by atomic mass is 79.9. The molecule has 0 unspecified atom stereocenters. The summed E-state index contributed by atoms with van der Waals surface area (Å²) in [5.41, 5.74) is 1.99. The fourth-order valence-electron chi connectivity index (χ4n) is 1.72. The Kier molecular flexibility index (Phi) is 4.36. The van der Waals surface area contributed by atoms with E-state index in [1.165, 1.54) is 0 Å². The molecular weight excluding hydrogens is 310 g/mol. The van der Waals surface area contributed by atoms with Crippen LogP contribution in [0.1, 0.15) is 18.2 Å². The van der Waals surface area contributed by atoms with Gasteiger partial charge in [0.05, 0.1) is 16.4 Å². The van der Waals surface area contributed by atoms with E-state index in [2.05, 4.69) is 31.4 Å². The van der Waals surface area contributed by atoms with Gasteiger partial charge in [0.2, 0.25) is 5.91 Å². The van der Waals surface area contributed by atoms with Crippen LogP contribution in [0, 0.1) is 6.92 Å². The topological polar surface area (TPSA) is 64.7 Å². The third kappa shape index (κ3) is 3.66. The second kappa shape index (κ2) is 6.01. The molecule has 2 aromatic heterocycles. The van der Waals surface area contributed by atoms with Crippen molar-refractivity contribution in [3.05, 3.63) is 34.3 Å². The molecule has 102 valence electrons. The normalized spacial score (nSPS) is 10.7. The Bertz CT molecular complexity index is 574. The lowest BCUT2D eigenvalue weighted by atomic mass is 10.2. The van der Waals surface area contributed by atoms with Crippen LogP contribution in [0.3, 0.4) is 0 Å². The van der Waals surface area contributed by atoms with Gasteiger partial charge in [0.15, 0.2) is 0 Å². The van der Waals surface area contributed by atoms with Crippen molar-refractivity contribution in [2.75, 3.05) is 0 Å². The van der Waals surface area contributed by atoms with Crippen LogP contribution >= 0.6 is 15.9 Å². The summed E-state index contributed by atoms with van der Waals surface area (Å²) in [5.74, 6) is -0.0701. The number of hydrogen-bond acceptors (Lipinski definition) is 3. The molecule has 2 aromatic rings. The molecule has 7 heteroatoms. The highest BCUT2D eigenvalue weighted by Crippen LogP contribution is 2.07. The standard InChI is InChI=1S/C12H16BrN5O/c1-3-17-6-10(9(2)16-17)4-14-12(19)8-18-7-11(13)5-15-18/h5-7H,3-4,8H2,1-2H3,(H,14,19). The van der Waals surface area contributed by atoms with E-state index >= 15 is 0 Å². The number of carbonyl (C=O) groups is 1. The summed E-state index contributed by atoms with van der Waals surface area (Å²) in [7, 11) is 0. The summed E-state index contributed by atoms with van der Waals surface area (Å²) in [5, 5.41) is 11.2. The molecule has 0 bridgehead atoms. The van der Waals surface area contributed by atoms with E-state index < -0.39 is 0 Å². The monoisotopic (exact) mass is 325 g/mol. The predicted molar refractivity (Wildman–Crippen MR) is 74.4 cm³/mol. The lowest BCUT2D eigenvalue weighted by Crippen LogP contribution is -2.27. The number of amides is 1. The molecule has 0 saturated heterocycles. The van der Waals surface area contributed by atoms with Crippen molar-refractivity contribution < 1.29 is 4.79 Å². The lowest BCUT2D eigenvalue weighted by Gasteiger charge is -2.04. The smallest absolute Gasteiger partial charge is 0.242 e. The number of rotatable bonds is 5. The van der Waals surface area contributed by atoms with Crippen LogP contribution in [-0.4, -0.2) is 25.5 Å². The number of hydrogen-bond donors (Lipinski definition) is 1. The number of aryl methyl sites for hydroxylation is 2. The summed E-state index contributed by atoms with van der Waals surface area (Å²) >= 11 is 3.29. The van der Waals surface area contributed by atoms with Crippen molar-refractivity contribution >= 4 is 21.8 Å². The van der Waals surface area contributed by atoms with Gasteiger partial charge in [-0.25, -0.2) is 0 Å². The van der Waals surface area contributed by atoms with E-state index in [9.17, 15) is 4.79 Å². The summed E-state index contributed by atoms with van der Waals surface area (Å²) in [6.45, 7) is 5.51. The largest absolute Gasteiger partial charge is 0.350 e. The maximum atomic E-state index is 11.8. The van der Waals surface area contributed by atoms with Gasteiger partial charge < -0.3 is 5.32 Å². The van der Waals surface area contributed by atoms with Gasteiger partial charge in [-0.1, -0.05) is 0 Å². The average Bonchev–Trinajstić information content (AvgIpc) is 2.93. The minimum atomic E-state index is -0.0701. The number of carbonyl (C=O) groups excluding carboxylic acids is 1. The minimum absolute atomic E-state index is 0.0701. The summed E-state index contributed by atoms with van der Waals surface area (Å²) < 4.78 is 4.31. The molecule has 0 aliphatic rings. The molecule has 19 heavy (non-hydrogen) atoms. The molecule has 1 amide bonds. The van der Waals surface area contributed by atoms with E-state index in [0.29, 0.717) is 6.54 Å². The van der Waals surface area contributed by atoms with E-state index in [1.807, 2.05) is 24.7 Å². The van der Waals surface area contributed by atoms with Crippen molar-refractivity contribution in [1.29, 1.82) is 0 Å². The third-order valence-corrected chi connectivity index (χ3v) is 3.16. The van der Waals surface area contributed by atoms with Crippen LogP contribution in [0.5, 0.6) is 0 Å². The Labute approximate surface area is 119 Å². The van der Waals surface area contributed by atoms with Crippen molar-refractivity contribution in [2.24, 2.45) is 0 Å². The summed E-state index contributed by atoms with van der Waals surface area (Å²) in [6, 6.07) is 0. The van der Waals surface area contributed by atoms with Gasteiger partial charge in [-0.15, -0.1) is 0 Å². The number of aromatic nitrogens is 4. The van der Waals surface area contributed by atoms with Gasteiger partial charge >= 0.3 is 0 Å². The molecule has 0 spiro atoms. The molecule has 1 N–H and O–H groups in total. The molecule has 2 heterocycles. The molecule has 0 aliphatic heterocycles. The maximum absolute atomic E-state index is 11.8. The van der Waals surface area contributed by atoms with E-state index in [1.54, 1.807) is 17.1 Å². The van der Waals surface area contributed by atoms with Crippen molar-refractivity contribution in [1.82, 2.24) is 24.9 Å². The molecule has 0 radical (unpaired) electrons. The second-order valence-electron chi connectivity index (χ2n) is 4.23. The van der Waals surface area contributed by atoms with Crippen LogP contribution in [0.4, 0.5) is 0 Å². The fourth-order valence-corrected chi connectivity index (χ4v) is 2.04. The highest BCUT2D eigenvalue weighted by molar-refractivity contribution is 9.10. The van der Waals surface area contributed by atoms with Gasteiger partial charge in [-0.05, 0) is 29.8 Å². The van der Waals surface area contributed by atoms with Crippen molar-refractivity contribution in [2.45, 2.75) is 33.5 Å². The molecule has 0 aliphatic carbocycles. The Hall–Kier alpha value is -1.63. The second-order valence-corrected chi connectivity index (χ2v) is 5.14. The quantitative estimate of drug-likeness (QED) is 0.905. The molecule has 0 saturated carbocycles. The zero-order valence-corrected chi connectivity index (χ0v) is 12.5. The van der Waals surface area contributed by atoms with Gasteiger partial charge in [0.25, 0.3) is 0 Å². The molecule has 0 atom stereocenters. The van der Waals surface area contributed by atoms with Crippen LogP contribution in [-0.2, 0) is 24.4 Å². The molecule has 6 nitrogen and oxygen atoms in total. The zero-order chi connectivity index (χ0) is 13.8. The van der Waals surface area contributed by atoms with E-state index in [-0.39, 0.29) is 12.5 Å². The fraction of sp³-hybridized carbons (Fsp3) is 0.417. The Balaban J connectivity index is 1.87. The average molecular weight is 326 g/mol. The number of nitrogens with one attached hydrogen (secondary N) is 1.